The van der Waals surface area contributed by atoms with Crippen LogP contribution in [0, 0.1) is 12.8 Å². The molecule has 2 heterocycles. The van der Waals surface area contributed by atoms with E-state index >= 15 is 0 Å². The van der Waals surface area contributed by atoms with E-state index in [1.54, 1.807) is 0 Å². The number of aryl methyl sites for hydroxylation is 1. The number of alkyl halides is 3. The van der Waals surface area contributed by atoms with Crippen LogP contribution in [-0.2, 0) is 20.8 Å². The Labute approximate surface area is 162 Å². The second-order valence-electron chi connectivity index (χ2n) is 7.19. The molecule has 0 radical (unpaired) electrons. The molecule has 6 nitrogen and oxygen atoms in total. The highest BCUT2D eigenvalue weighted by Crippen LogP contribution is 2.41. The molecule has 3 rings (SSSR count). The van der Waals surface area contributed by atoms with Gasteiger partial charge >= 0.3 is 12.1 Å². The molecule has 1 N–H and O–H groups in total. The number of nitrogens with zero attached hydrogens (tertiary/aromatic N) is 1. The quantitative estimate of drug-likeness (QED) is 0.804. The van der Waals surface area contributed by atoms with Gasteiger partial charge in [0.1, 0.15) is 11.5 Å². The first-order chi connectivity index (χ1) is 13.2. The van der Waals surface area contributed by atoms with Crippen LogP contribution < -0.4 is 0 Å². The van der Waals surface area contributed by atoms with Gasteiger partial charge in [0, 0.05) is 25.6 Å². The summed E-state index contributed by atoms with van der Waals surface area (Å²) >= 11 is 0. The largest absolute Gasteiger partial charge is 0.490 e. The zero-order chi connectivity index (χ0) is 20.8. The molecule has 1 aromatic rings. The molecule has 2 fully saturated rings. The first kappa shape index (κ1) is 22.7. The summed E-state index contributed by atoms with van der Waals surface area (Å²) in [6.07, 6.45) is -1.43. The highest BCUT2D eigenvalue weighted by molar-refractivity contribution is 5.73. The first-order valence-corrected chi connectivity index (χ1v) is 9.46. The maximum atomic E-state index is 10.6. The molecule has 2 atom stereocenters. The maximum absolute atomic E-state index is 10.6. The third-order valence-corrected chi connectivity index (χ3v) is 5.13. The summed E-state index contributed by atoms with van der Waals surface area (Å²) in [5.41, 5.74) is 0.00899. The molecular weight excluding hydrogens is 379 g/mol. The van der Waals surface area contributed by atoms with E-state index in [-0.39, 0.29) is 5.60 Å². The lowest BCUT2D eigenvalue weighted by Gasteiger charge is -2.43. The normalized spacial score (nSPS) is 25.5. The number of hydrogen-bond donors (Lipinski definition) is 1. The van der Waals surface area contributed by atoms with Gasteiger partial charge in [-0.2, -0.15) is 13.2 Å². The monoisotopic (exact) mass is 407 g/mol. The molecule has 1 spiro atoms. The minimum Gasteiger partial charge on any atom is -0.475 e. The summed E-state index contributed by atoms with van der Waals surface area (Å²) in [7, 11) is 0. The van der Waals surface area contributed by atoms with Crippen molar-refractivity contribution in [2.45, 2.75) is 51.4 Å². The van der Waals surface area contributed by atoms with Crippen molar-refractivity contribution in [1.82, 2.24) is 4.90 Å². The zero-order valence-electron chi connectivity index (χ0n) is 16.3. The van der Waals surface area contributed by atoms with E-state index in [0.29, 0.717) is 5.92 Å². The molecule has 0 aromatic carbocycles. The number of carbonyl (C=O) groups is 1. The van der Waals surface area contributed by atoms with Crippen LogP contribution in [0.15, 0.2) is 16.5 Å². The summed E-state index contributed by atoms with van der Waals surface area (Å²) in [6.45, 7) is 9.40. The standard InChI is InChI=1S/C17H27NO3.C2HF3O2/c1-3-19-12-15-5-4-8-17(15)13-18(9-10-20-17)11-16-7-6-14(2)21-16;3-2(4,5)1(6)7/h6-7,15H,3-5,8-13H2,1-2H3;(H,6,7)/t15-,17-;/m0./s1. The van der Waals surface area contributed by atoms with Crippen LogP contribution in [0.5, 0.6) is 0 Å². The fourth-order valence-electron chi connectivity index (χ4n) is 3.82. The van der Waals surface area contributed by atoms with Gasteiger partial charge in [-0.25, -0.2) is 4.79 Å². The van der Waals surface area contributed by atoms with E-state index in [4.69, 9.17) is 23.8 Å². The topological polar surface area (TPSA) is 72.1 Å². The number of carboxylic acids is 1. The van der Waals surface area contributed by atoms with Crippen molar-refractivity contribution in [3.8, 4) is 0 Å². The van der Waals surface area contributed by atoms with Crippen LogP contribution >= 0.6 is 0 Å². The molecule has 0 bridgehead atoms. The number of rotatable bonds is 5. The van der Waals surface area contributed by atoms with E-state index in [1.165, 1.54) is 19.3 Å². The van der Waals surface area contributed by atoms with Crippen molar-refractivity contribution in [2.24, 2.45) is 5.92 Å². The molecule has 9 heteroatoms. The predicted octanol–water partition coefficient (Wildman–Crippen LogP) is 3.63. The molecular formula is C19H28F3NO5. The minimum atomic E-state index is -5.08. The minimum absolute atomic E-state index is 0.00899. The third-order valence-electron chi connectivity index (χ3n) is 5.13. The zero-order valence-corrected chi connectivity index (χ0v) is 16.3. The van der Waals surface area contributed by atoms with Gasteiger partial charge in [0.05, 0.1) is 25.4 Å². The number of aliphatic carboxylic acids is 1. The molecule has 1 aliphatic heterocycles. The maximum Gasteiger partial charge on any atom is 0.490 e. The van der Waals surface area contributed by atoms with E-state index in [9.17, 15) is 13.2 Å². The average molecular weight is 407 g/mol. The Kier molecular flexibility index (Phi) is 7.91. The van der Waals surface area contributed by atoms with E-state index in [2.05, 4.69) is 17.9 Å². The van der Waals surface area contributed by atoms with Gasteiger partial charge in [0.25, 0.3) is 0 Å². The van der Waals surface area contributed by atoms with E-state index in [1.807, 2.05) is 13.0 Å². The lowest BCUT2D eigenvalue weighted by atomic mass is 9.89. The Hall–Kier alpha value is -1.58. The summed E-state index contributed by atoms with van der Waals surface area (Å²) in [5.74, 6) is -0.168. The fourth-order valence-corrected chi connectivity index (χ4v) is 3.82. The number of furan rings is 1. The van der Waals surface area contributed by atoms with Crippen LogP contribution in [0.3, 0.4) is 0 Å². The van der Waals surface area contributed by atoms with Crippen LogP contribution in [0.25, 0.3) is 0 Å². The van der Waals surface area contributed by atoms with E-state index in [0.717, 1.165) is 51.0 Å². The van der Waals surface area contributed by atoms with E-state index < -0.39 is 12.1 Å². The van der Waals surface area contributed by atoms with Gasteiger partial charge in [0.2, 0.25) is 0 Å². The molecule has 1 aliphatic carbocycles. The summed E-state index contributed by atoms with van der Waals surface area (Å²) in [5, 5.41) is 7.12. The van der Waals surface area contributed by atoms with Gasteiger partial charge in [-0.1, -0.05) is 6.42 Å². The molecule has 2 aliphatic rings. The second-order valence-corrected chi connectivity index (χ2v) is 7.19. The second kappa shape index (κ2) is 9.76. The molecule has 0 unspecified atom stereocenters. The Morgan fingerprint density at radius 2 is 2.14 bits per heavy atom. The lowest BCUT2D eigenvalue weighted by Crippen LogP contribution is -2.54. The lowest BCUT2D eigenvalue weighted by molar-refractivity contribution is -0.192. The van der Waals surface area contributed by atoms with Gasteiger partial charge < -0.3 is 19.0 Å². The third kappa shape index (κ3) is 6.22. The number of ether oxygens (including phenoxy) is 2. The highest BCUT2D eigenvalue weighted by Gasteiger charge is 2.47. The van der Waals surface area contributed by atoms with Gasteiger partial charge in [-0.15, -0.1) is 0 Å². The molecule has 28 heavy (non-hydrogen) atoms. The van der Waals surface area contributed by atoms with Crippen molar-refractivity contribution >= 4 is 5.97 Å². The number of hydrogen-bond acceptors (Lipinski definition) is 5. The Bertz CT molecular complexity index is 633. The van der Waals surface area contributed by atoms with Crippen molar-refractivity contribution in [3.05, 3.63) is 23.7 Å². The number of carboxylic acid groups (broad SMARTS) is 1. The summed E-state index contributed by atoms with van der Waals surface area (Å²) in [6, 6.07) is 4.13. The van der Waals surface area contributed by atoms with Crippen molar-refractivity contribution in [1.29, 1.82) is 0 Å². The Morgan fingerprint density at radius 3 is 2.71 bits per heavy atom. The average Bonchev–Trinajstić information content (AvgIpc) is 3.19. The number of morpholine rings is 1. The smallest absolute Gasteiger partial charge is 0.475 e. The van der Waals surface area contributed by atoms with Crippen molar-refractivity contribution < 1.29 is 37.0 Å². The van der Waals surface area contributed by atoms with Crippen molar-refractivity contribution in [3.63, 3.8) is 0 Å². The molecule has 160 valence electrons. The summed E-state index contributed by atoms with van der Waals surface area (Å²) < 4.78 is 49.4. The summed E-state index contributed by atoms with van der Waals surface area (Å²) in [4.78, 5) is 11.4. The first-order valence-electron chi connectivity index (χ1n) is 9.46. The molecule has 1 saturated carbocycles. The molecule has 1 saturated heterocycles. The Balaban J connectivity index is 0.000000345. The molecule has 1 aromatic heterocycles. The fraction of sp³-hybridized carbons (Fsp3) is 0.737. The van der Waals surface area contributed by atoms with Crippen LogP contribution in [0.4, 0.5) is 13.2 Å². The highest BCUT2D eigenvalue weighted by atomic mass is 19.4. The van der Waals surface area contributed by atoms with Gasteiger partial charge in [-0.3, -0.25) is 4.90 Å². The van der Waals surface area contributed by atoms with Gasteiger partial charge in [-0.05, 0) is 38.8 Å². The van der Waals surface area contributed by atoms with Crippen LogP contribution in [0.2, 0.25) is 0 Å². The number of halogens is 3. The Morgan fingerprint density at radius 1 is 1.43 bits per heavy atom. The van der Waals surface area contributed by atoms with Gasteiger partial charge in [0.15, 0.2) is 0 Å². The molecule has 0 amide bonds. The SMILES string of the molecule is CCOC[C@@H]1CCC[C@]12CN(Cc1ccc(C)o1)CCO2.O=C(O)C(F)(F)F. The van der Waals surface area contributed by atoms with Crippen LogP contribution in [-0.4, -0.2) is 60.7 Å². The predicted molar refractivity (Wildman–Crippen MR) is 94.9 cm³/mol. The van der Waals surface area contributed by atoms with Crippen LogP contribution in [0.1, 0.15) is 37.7 Å². The van der Waals surface area contributed by atoms with Crippen molar-refractivity contribution in [2.75, 3.05) is 32.9 Å².